The molecule has 2 aromatic carbocycles. The van der Waals surface area contributed by atoms with Crippen LogP contribution in [0.4, 0.5) is 4.39 Å². The molecule has 182 valence electrons. The van der Waals surface area contributed by atoms with Crippen molar-refractivity contribution in [2.24, 2.45) is 5.92 Å². The van der Waals surface area contributed by atoms with Crippen LogP contribution in [0.15, 0.2) is 54.1 Å². The van der Waals surface area contributed by atoms with Gasteiger partial charge in [0.2, 0.25) is 0 Å². The number of likely N-dealkylation sites (tertiary alicyclic amines) is 1. The lowest BCUT2D eigenvalue weighted by molar-refractivity contribution is -0.140. The third-order valence-electron chi connectivity index (χ3n) is 5.99. The summed E-state index contributed by atoms with van der Waals surface area (Å²) >= 11 is 0. The molecule has 1 fully saturated rings. The maximum absolute atomic E-state index is 13.6. The molecular weight excluding hydrogens is 435 g/mol. The standard InChI is InChI=1S/C27H33FN2O4/c1-5-29(6-2)15-16-30-24(19-7-11-21(28)12-8-19)23(26(32)27(30)33)25(31)20-9-13-22(14-10-20)34-17-18(3)4/h7-14,18,24,31H,5-6,15-17H2,1-4H3/b25-23+/t24-/m0/s1. The van der Waals surface area contributed by atoms with Gasteiger partial charge in [0.15, 0.2) is 0 Å². The molecule has 7 heteroatoms. The van der Waals surface area contributed by atoms with Gasteiger partial charge in [0.05, 0.1) is 18.2 Å². The lowest BCUT2D eigenvalue weighted by Crippen LogP contribution is -2.38. The Morgan fingerprint density at radius 2 is 1.68 bits per heavy atom. The van der Waals surface area contributed by atoms with Crippen LogP contribution in [0.2, 0.25) is 0 Å². The number of carbonyl (C=O) groups excluding carboxylic acids is 2. The van der Waals surface area contributed by atoms with Crippen LogP contribution in [0.25, 0.3) is 5.76 Å². The largest absolute Gasteiger partial charge is 0.507 e. The Balaban J connectivity index is 2.00. The maximum atomic E-state index is 13.6. The Hall–Kier alpha value is -3.19. The fourth-order valence-electron chi connectivity index (χ4n) is 4.02. The van der Waals surface area contributed by atoms with Crippen LogP contribution in [0.1, 0.15) is 44.9 Å². The number of nitrogens with zero attached hydrogens (tertiary/aromatic N) is 2. The molecule has 2 aromatic rings. The smallest absolute Gasteiger partial charge is 0.295 e. The van der Waals surface area contributed by atoms with E-state index in [4.69, 9.17) is 4.74 Å². The highest BCUT2D eigenvalue weighted by Crippen LogP contribution is 2.39. The molecule has 6 nitrogen and oxygen atoms in total. The van der Waals surface area contributed by atoms with Gasteiger partial charge in [-0.15, -0.1) is 0 Å². The van der Waals surface area contributed by atoms with Gasteiger partial charge in [0.1, 0.15) is 17.3 Å². The van der Waals surface area contributed by atoms with Crippen molar-refractivity contribution in [3.8, 4) is 5.75 Å². The van der Waals surface area contributed by atoms with Gasteiger partial charge in [-0.05, 0) is 61.0 Å². The molecule has 3 rings (SSSR count). The number of aliphatic hydroxyl groups is 1. The summed E-state index contributed by atoms with van der Waals surface area (Å²) < 4.78 is 19.3. The zero-order valence-electron chi connectivity index (χ0n) is 20.3. The fourth-order valence-corrected chi connectivity index (χ4v) is 4.02. The zero-order valence-corrected chi connectivity index (χ0v) is 20.3. The van der Waals surface area contributed by atoms with E-state index in [0.717, 1.165) is 13.1 Å². The molecule has 1 N–H and O–H groups in total. The molecule has 0 bridgehead atoms. The molecule has 0 unspecified atom stereocenters. The Bertz CT molecular complexity index is 1030. The number of hydrogen-bond acceptors (Lipinski definition) is 5. The highest BCUT2D eigenvalue weighted by atomic mass is 19.1. The minimum atomic E-state index is -0.798. The van der Waals surface area contributed by atoms with E-state index in [1.807, 2.05) is 13.8 Å². The summed E-state index contributed by atoms with van der Waals surface area (Å²) in [6.45, 7) is 11.2. The molecule has 1 aliphatic rings. The van der Waals surface area contributed by atoms with Crippen LogP contribution in [0.3, 0.4) is 0 Å². The average molecular weight is 469 g/mol. The molecule has 1 atom stereocenters. The predicted molar refractivity (Wildman–Crippen MR) is 130 cm³/mol. The number of aliphatic hydroxyl groups excluding tert-OH is 1. The van der Waals surface area contributed by atoms with Gasteiger partial charge in [0, 0.05) is 18.7 Å². The number of carbonyl (C=O) groups is 2. The highest BCUT2D eigenvalue weighted by molar-refractivity contribution is 6.46. The molecule has 0 radical (unpaired) electrons. The van der Waals surface area contributed by atoms with E-state index in [1.54, 1.807) is 36.4 Å². The highest BCUT2D eigenvalue weighted by Gasteiger charge is 2.45. The van der Waals surface area contributed by atoms with Crippen molar-refractivity contribution < 1.29 is 23.8 Å². The van der Waals surface area contributed by atoms with E-state index >= 15 is 0 Å². The summed E-state index contributed by atoms with van der Waals surface area (Å²) in [7, 11) is 0. The van der Waals surface area contributed by atoms with Crippen LogP contribution in [0.5, 0.6) is 5.75 Å². The first-order chi connectivity index (χ1) is 16.3. The molecule has 1 heterocycles. The van der Waals surface area contributed by atoms with Gasteiger partial charge < -0.3 is 19.6 Å². The number of halogens is 1. The zero-order chi connectivity index (χ0) is 24.8. The van der Waals surface area contributed by atoms with E-state index in [0.29, 0.717) is 42.5 Å². The molecule has 34 heavy (non-hydrogen) atoms. The molecule has 0 aromatic heterocycles. The topological polar surface area (TPSA) is 70.1 Å². The van der Waals surface area contributed by atoms with Crippen LogP contribution in [0, 0.1) is 11.7 Å². The molecule has 0 spiro atoms. The summed E-state index contributed by atoms with van der Waals surface area (Å²) in [5.41, 5.74) is 0.983. The van der Waals surface area contributed by atoms with Gasteiger partial charge >= 0.3 is 0 Å². The van der Waals surface area contributed by atoms with Crippen molar-refractivity contribution in [3.05, 3.63) is 71.0 Å². The minimum Gasteiger partial charge on any atom is -0.507 e. The number of ether oxygens (including phenoxy) is 1. The first kappa shape index (κ1) is 25.4. The first-order valence-corrected chi connectivity index (χ1v) is 11.8. The molecule has 1 aliphatic heterocycles. The van der Waals surface area contributed by atoms with E-state index in [1.165, 1.54) is 17.0 Å². The molecule has 0 saturated carbocycles. The van der Waals surface area contributed by atoms with Gasteiger partial charge in [-0.1, -0.05) is 39.8 Å². The quantitative estimate of drug-likeness (QED) is 0.313. The van der Waals surface area contributed by atoms with Crippen LogP contribution in [-0.4, -0.2) is 59.4 Å². The summed E-state index contributed by atoms with van der Waals surface area (Å²) in [6.07, 6.45) is 0. The minimum absolute atomic E-state index is 0.00649. The Kier molecular flexibility index (Phi) is 8.45. The van der Waals surface area contributed by atoms with Crippen molar-refractivity contribution in [2.45, 2.75) is 33.7 Å². The molecule has 0 aliphatic carbocycles. The van der Waals surface area contributed by atoms with Crippen LogP contribution in [-0.2, 0) is 9.59 Å². The van der Waals surface area contributed by atoms with Gasteiger partial charge in [0.25, 0.3) is 11.7 Å². The van der Waals surface area contributed by atoms with Crippen molar-refractivity contribution >= 4 is 17.4 Å². The normalized spacial score (nSPS) is 17.7. The number of hydrogen-bond donors (Lipinski definition) is 1. The number of likely N-dealkylation sites (N-methyl/N-ethyl adjacent to an activating group) is 1. The number of Topliss-reactive ketones (excluding diaryl/α,β-unsaturated/α-hetero) is 1. The molecule has 1 saturated heterocycles. The number of ketones is 1. The van der Waals surface area contributed by atoms with Crippen molar-refractivity contribution in [3.63, 3.8) is 0 Å². The van der Waals surface area contributed by atoms with Crippen molar-refractivity contribution in [1.29, 1.82) is 0 Å². The van der Waals surface area contributed by atoms with E-state index < -0.39 is 23.5 Å². The van der Waals surface area contributed by atoms with Crippen LogP contribution < -0.4 is 4.74 Å². The molecule has 1 amide bonds. The Morgan fingerprint density at radius 3 is 2.24 bits per heavy atom. The predicted octanol–water partition coefficient (Wildman–Crippen LogP) is 4.62. The number of rotatable bonds is 10. The second kappa shape index (κ2) is 11.3. The number of benzene rings is 2. The molecular formula is C27H33FN2O4. The monoisotopic (exact) mass is 468 g/mol. The maximum Gasteiger partial charge on any atom is 0.295 e. The summed E-state index contributed by atoms with van der Waals surface area (Å²) in [4.78, 5) is 29.7. The lowest BCUT2D eigenvalue weighted by Gasteiger charge is -2.28. The van der Waals surface area contributed by atoms with E-state index in [2.05, 4.69) is 18.7 Å². The van der Waals surface area contributed by atoms with Crippen LogP contribution >= 0.6 is 0 Å². The second-order valence-electron chi connectivity index (χ2n) is 8.80. The van der Waals surface area contributed by atoms with Crippen molar-refractivity contribution in [1.82, 2.24) is 9.80 Å². The lowest BCUT2D eigenvalue weighted by atomic mass is 9.95. The fraction of sp³-hybridized carbons (Fsp3) is 0.407. The van der Waals surface area contributed by atoms with Gasteiger partial charge in [-0.3, -0.25) is 9.59 Å². The summed E-state index contributed by atoms with van der Waals surface area (Å²) in [5, 5.41) is 11.1. The third-order valence-corrected chi connectivity index (χ3v) is 5.99. The summed E-state index contributed by atoms with van der Waals surface area (Å²) in [6, 6.07) is 11.7. The van der Waals surface area contributed by atoms with Gasteiger partial charge in [-0.25, -0.2) is 4.39 Å². The second-order valence-corrected chi connectivity index (χ2v) is 8.80. The first-order valence-electron chi connectivity index (χ1n) is 11.8. The Morgan fingerprint density at radius 1 is 1.06 bits per heavy atom. The van der Waals surface area contributed by atoms with Gasteiger partial charge in [-0.2, -0.15) is 0 Å². The Labute approximate surface area is 200 Å². The third kappa shape index (κ3) is 5.65. The van der Waals surface area contributed by atoms with E-state index in [-0.39, 0.29) is 11.3 Å². The van der Waals surface area contributed by atoms with Crippen molar-refractivity contribution in [2.75, 3.05) is 32.8 Å². The number of amides is 1. The average Bonchev–Trinajstić information content (AvgIpc) is 3.08. The summed E-state index contributed by atoms with van der Waals surface area (Å²) in [5.74, 6) is -1.06. The van der Waals surface area contributed by atoms with E-state index in [9.17, 15) is 19.1 Å². The SMILES string of the molecule is CCN(CC)CCN1C(=O)C(=O)/C(=C(/O)c2ccc(OCC(C)C)cc2)[C@@H]1c1ccc(F)cc1.